The van der Waals surface area contributed by atoms with Crippen LogP contribution in [-0.2, 0) is 9.59 Å². The molecule has 6 heteroatoms. The number of hydrogen-bond acceptors (Lipinski definition) is 3. The van der Waals surface area contributed by atoms with E-state index in [0.29, 0.717) is 29.5 Å². The summed E-state index contributed by atoms with van der Waals surface area (Å²) in [6.45, 7) is 5.35. The number of rotatable bonds is 8. The van der Waals surface area contributed by atoms with Crippen LogP contribution in [-0.4, -0.2) is 36.9 Å². The van der Waals surface area contributed by atoms with Gasteiger partial charge in [0.2, 0.25) is 11.8 Å². The highest BCUT2D eigenvalue weighted by atomic mass is 35.5. The van der Waals surface area contributed by atoms with Crippen molar-refractivity contribution in [3.05, 3.63) is 23.2 Å². The smallest absolute Gasteiger partial charge is 0.233 e. The molecule has 0 unspecified atom stereocenters. The van der Waals surface area contributed by atoms with Crippen LogP contribution in [0.5, 0.6) is 5.75 Å². The van der Waals surface area contributed by atoms with E-state index in [4.69, 9.17) is 16.3 Å². The molecule has 122 valence electrons. The summed E-state index contributed by atoms with van der Waals surface area (Å²) in [5, 5.41) is 3.16. The molecule has 0 aliphatic carbocycles. The van der Waals surface area contributed by atoms with Crippen molar-refractivity contribution in [1.29, 1.82) is 0 Å². The van der Waals surface area contributed by atoms with Gasteiger partial charge in [-0.2, -0.15) is 0 Å². The van der Waals surface area contributed by atoms with Crippen LogP contribution in [0.3, 0.4) is 0 Å². The van der Waals surface area contributed by atoms with Crippen LogP contribution >= 0.6 is 11.6 Å². The average molecular weight is 327 g/mol. The number of methoxy groups -OCH3 is 1. The summed E-state index contributed by atoms with van der Waals surface area (Å²) in [5.74, 6) is -0.0332. The summed E-state index contributed by atoms with van der Waals surface area (Å²) in [5.41, 5.74) is 0.463. The lowest BCUT2D eigenvalue weighted by Gasteiger charge is -2.21. The Bertz CT molecular complexity index is 514. The summed E-state index contributed by atoms with van der Waals surface area (Å²) in [7, 11) is 1.51. The molecule has 1 aromatic carbocycles. The Morgan fingerprint density at radius 3 is 2.41 bits per heavy atom. The largest absolute Gasteiger partial charge is 0.495 e. The van der Waals surface area contributed by atoms with E-state index in [1.807, 2.05) is 13.8 Å². The molecule has 0 saturated carbocycles. The van der Waals surface area contributed by atoms with Crippen LogP contribution in [0, 0.1) is 0 Å². The first-order valence-electron chi connectivity index (χ1n) is 7.43. The molecule has 0 aliphatic heterocycles. The Labute approximate surface area is 136 Å². The average Bonchev–Trinajstić information content (AvgIpc) is 2.47. The van der Waals surface area contributed by atoms with Gasteiger partial charge in [0.1, 0.15) is 12.2 Å². The summed E-state index contributed by atoms with van der Waals surface area (Å²) >= 11 is 5.91. The molecule has 0 radical (unpaired) electrons. The van der Waals surface area contributed by atoms with Crippen molar-refractivity contribution in [3.8, 4) is 5.75 Å². The molecule has 0 saturated heterocycles. The maximum Gasteiger partial charge on any atom is 0.233 e. The van der Waals surface area contributed by atoms with Gasteiger partial charge in [-0.05, 0) is 31.0 Å². The minimum absolute atomic E-state index is 0.165. The fourth-order valence-electron chi connectivity index (χ4n) is 2.12. The van der Waals surface area contributed by atoms with E-state index in [-0.39, 0.29) is 18.2 Å². The number of nitrogens with one attached hydrogen (secondary N) is 1. The fourth-order valence-corrected chi connectivity index (χ4v) is 2.29. The van der Waals surface area contributed by atoms with Gasteiger partial charge in [-0.1, -0.05) is 25.4 Å². The van der Waals surface area contributed by atoms with E-state index in [9.17, 15) is 9.59 Å². The van der Waals surface area contributed by atoms with Crippen molar-refractivity contribution in [3.63, 3.8) is 0 Å². The van der Waals surface area contributed by atoms with Crippen LogP contribution < -0.4 is 10.1 Å². The second kappa shape index (κ2) is 9.30. The van der Waals surface area contributed by atoms with Gasteiger partial charge >= 0.3 is 0 Å². The minimum atomic E-state index is -0.372. The highest BCUT2D eigenvalue weighted by molar-refractivity contribution is 6.31. The number of ether oxygens (including phenoxy) is 1. The second-order valence-electron chi connectivity index (χ2n) is 4.95. The van der Waals surface area contributed by atoms with Crippen molar-refractivity contribution in [2.75, 3.05) is 25.5 Å². The first-order chi connectivity index (χ1) is 10.5. The number of benzene rings is 1. The number of anilines is 1. The van der Waals surface area contributed by atoms with E-state index in [1.165, 1.54) is 7.11 Å². The van der Waals surface area contributed by atoms with E-state index >= 15 is 0 Å². The number of carbonyl (C=O) groups is 2. The molecule has 0 bridgehead atoms. The first-order valence-corrected chi connectivity index (χ1v) is 7.80. The third-order valence-electron chi connectivity index (χ3n) is 3.09. The fraction of sp³-hybridized carbons (Fsp3) is 0.500. The molecular weight excluding hydrogens is 304 g/mol. The molecule has 0 heterocycles. The normalized spacial score (nSPS) is 10.2. The van der Waals surface area contributed by atoms with Crippen molar-refractivity contribution >= 4 is 29.1 Å². The van der Waals surface area contributed by atoms with Crippen molar-refractivity contribution < 1.29 is 14.3 Å². The number of halogens is 1. The lowest BCUT2D eigenvalue weighted by Crippen LogP contribution is -2.35. The number of amides is 2. The summed E-state index contributed by atoms with van der Waals surface area (Å²) in [4.78, 5) is 25.9. The molecule has 1 aromatic rings. The molecule has 22 heavy (non-hydrogen) atoms. The number of carbonyl (C=O) groups excluding carboxylic acids is 2. The lowest BCUT2D eigenvalue weighted by atomic mass is 10.2. The van der Waals surface area contributed by atoms with Gasteiger partial charge in [0.25, 0.3) is 0 Å². The molecule has 2 amide bonds. The van der Waals surface area contributed by atoms with Gasteiger partial charge in [0.15, 0.2) is 0 Å². The lowest BCUT2D eigenvalue weighted by molar-refractivity contribution is -0.134. The molecule has 5 nitrogen and oxygen atoms in total. The Morgan fingerprint density at radius 1 is 1.23 bits per heavy atom. The summed E-state index contributed by atoms with van der Waals surface area (Å²) in [6, 6.07) is 4.93. The SMILES string of the molecule is CCCN(CCC)C(=O)CC(=O)Nc1cc(Cl)ccc1OC. The maximum atomic E-state index is 12.2. The van der Waals surface area contributed by atoms with Gasteiger partial charge in [0, 0.05) is 18.1 Å². The Kier molecular flexibility index (Phi) is 7.74. The molecule has 0 fully saturated rings. The van der Waals surface area contributed by atoms with E-state index in [1.54, 1.807) is 23.1 Å². The predicted octanol–water partition coefficient (Wildman–Crippen LogP) is 3.33. The Hall–Kier alpha value is -1.75. The standard InChI is InChI=1S/C16H23ClN2O3/c1-4-8-19(9-5-2)16(21)11-15(20)18-13-10-12(17)6-7-14(13)22-3/h6-7,10H,4-5,8-9,11H2,1-3H3,(H,18,20). The van der Waals surface area contributed by atoms with Crippen LogP contribution in [0.4, 0.5) is 5.69 Å². The maximum absolute atomic E-state index is 12.2. The molecule has 0 spiro atoms. The topological polar surface area (TPSA) is 58.6 Å². The first kappa shape index (κ1) is 18.3. The van der Waals surface area contributed by atoms with Gasteiger partial charge in [-0.15, -0.1) is 0 Å². The highest BCUT2D eigenvalue weighted by Gasteiger charge is 2.17. The molecule has 1 N–H and O–H groups in total. The Balaban J connectivity index is 2.69. The summed E-state index contributed by atoms with van der Waals surface area (Å²) < 4.78 is 5.16. The molecule has 0 aliphatic rings. The number of hydrogen-bond donors (Lipinski definition) is 1. The van der Waals surface area contributed by atoms with Crippen molar-refractivity contribution in [1.82, 2.24) is 4.90 Å². The van der Waals surface area contributed by atoms with Crippen LogP contribution in [0.25, 0.3) is 0 Å². The van der Waals surface area contributed by atoms with E-state index in [0.717, 1.165) is 12.8 Å². The van der Waals surface area contributed by atoms with Gasteiger partial charge < -0.3 is 15.0 Å². The molecule has 0 aromatic heterocycles. The Morgan fingerprint density at radius 2 is 1.86 bits per heavy atom. The monoisotopic (exact) mass is 326 g/mol. The molecule has 1 rings (SSSR count). The zero-order valence-electron chi connectivity index (χ0n) is 13.3. The molecule has 0 atom stereocenters. The van der Waals surface area contributed by atoms with Gasteiger partial charge in [-0.25, -0.2) is 0 Å². The predicted molar refractivity (Wildman–Crippen MR) is 88.4 cm³/mol. The third-order valence-corrected chi connectivity index (χ3v) is 3.32. The zero-order valence-corrected chi connectivity index (χ0v) is 14.1. The van der Waals surface area contributed by atoms with Crippen LogP contribution in [0.1, 0.15) is 33.1 Å². The van der Waals surface area contributed by atoms with Crippen LogP contribution in [0.15, 0.2) is 18.2 Å². The van der Waals surface area contributed by atoms with E-state index < -0.39 is 0 Å². The van der Waals surface area contributed by atoms with Gasteiger partial charge in [0.05, 0.1) is 12.8 Å². The van der Waals surface area contributed by atoms with Crippen molar-refractivity contribution in [2.24, 2.45) is 0 Å². The zero-order chi connectivity index (χ0) is 16.5. The van der Waals surface area contributed by atoms with Crippen molar-refractivity contribution in [2.45, 2.75) is 33.1 Å². The highest BCUT2D eigenvalue weighted by Crippen LogP contribution is 2.27. The van der Waals surface area contributed by atoms with Crippen LogP contribution in [0.2, 0.25) is 5.02 Å². The quantitative estimate of drug-likeness (QED) is 0.745. The molecular formula is C16H23ClN2O3. The minimum Gasteiger partial charge on any atom is -0.495 e. The second-order valence-corrected chi connectivity index (χ2v) is 5.39. The van der Waals surface area contributed by atoms with E-state index in [2.05, 4.69) is 5.32 Å². The summed E-state index contributed by atoms with van der Waals surface area (Å²) in [6.07, 6.45) is 1.56. The van der Waals surface area contributed by atoms with Gasteiger partial charge in [-0.3, -0.25) is 9.59 Å². The third kappa shape index (κ3) is 5.56. The number of nitrogens with zero attached hydrogens (tertiary/aromatic N) is 1.